The summed E-state index contributed by atoms with van der Waals surface area (Å²) in [5.74, 6) is -0.754. The molecule has 0 aromatic carbocycles. The Morgan fingerprint density at radius 1 is 1.43 bits per heavy atom. The summed E-state index contributed by atoms with van der Waals surface area (Å²) in [6.45, 7) is 5.50. The molecule has 4 N–H and O–H groups in total. The summed E-state index contributed by atoms with van der Waals surface area (Å²) in [4.78, 5) is 10.4. The third-order valence-corrected chi connectivity index (χ3v) is 1.75. The number of carbonyl (C=O) groups is 1. The van der Waals surface area contributed by atoms with E-state index in [1.165, 1.54) is 6.92 Å². The minimum absolute atomic E-state index is 0.111. The lowest BCUT2D eigenvalue weighted by Crippen LogP contribution is -2.11. The van der Waals surface area contributed by atoms with Gasteiger partial charge in [0.2, 0.25) is 0 Å². The molecular formula is C10H23NO3. The van der Waals surface area contributed by atoms with Gasteiger partial charge in [-0.15, -0.1) is 0 Å². The van der Waals surface area contributed by atoms with E-state index in [2.05, 4.69) is 12.7 Å². The number of rotatable bonds is 5. The standard InChI is InChI=1S/C8H16O2.C2H7NO/c1-3-5-6-7(4-2)8(9)10;1-2(3)4/h7H,3-6H2,1-2H3,(H,9,10);2,4H,3H2,1H3. The molecule has 2 unspecified atom stereocenters. The van der Waals surface area contributed by atoms with E-state index >= 15 is 0 Å². The van der Waals surface area contributed by atoms with Crippen LogP contribution in [-0.2, 0) is 4.79 Å². The van der Waals surface area contributed by atoms with Crippen molar-refractivity contribution in [2.45, 2.75) is 52.7 Å². The molecule has 0 amide bonds. The summed E-state index contributed by atoms with van der Waals surface area (Å²) in [5.41, 5.74) is 4.67. The Morgan fingerprint density at radius 2 is 1.86 bits per heavy atom. The fraction of sp³-hybridized carbons (Fsp3) is 0.900. The Hall–Kier alpha value is -0.610. The van der Waals surface area contributed by atoms with Crippen molar-refractivity contribution in [3.05, 3.63) is 0 Å². The molecule has 4 nitrogen and oxygen atoms in total. The van der Waals surface area contributed by atoms with Gasteiger partial charge in [0, 0.05) is 0 Å². The first-order valence-corrected chi connectivity index (χ1v) is 5.12. The van der Waals surface area contributed by atoms with Gasteiger partial charge < -0.3 is 15.9 Å². The Kier molecular flexibility index (Phi) is 11.9. The molecule has 0 saturated carbocycles. The average Bonchev–Trinajstić information content (AvgIpc) is 2.04. The van der Waals surface area contributed by atoms with Crippen molar-refractivity contribution >= 4 is 5.97 Å². The molecule has 0 saturated heterocycles. The predicted molar refractivity (Wildman–Crippen MR) is 56.8 cm³/mol. The molecule has 14 heavy (non-hydrogen) atoms. The van der Waals surface area contributed by atoms with Gasteiger partial charge in [0.15, 0.2) is 0 Å². The second kappa shape index (κ2) is 10.5. The summed E-state index contributed by atoms with van der Waals surface area (Å²) < 4.78 is 0. The molecule has 0 aromatic heterocycles. The molecule has 0 bridgehead atoms. The van der Waals surface area contributed by atoms with Crippen LogP contribution in [0.4, 0.5) is 0 Å². The fourth-order valence-corrected chi connectivity index (χ4v) is 0.953. The molecule has 0 radical (unpaired) electrons. The third-order valence-electron chi connectivity index (χ3n) is 1.75. The van der Waals surface area contributed by atoms with Crippen LogP contribution in [0.25, 0.3) is 0 Å². The number of nitrogens with two attached hydrogens (primary N) is 1. The zero-order valence-electron chi connectivity index (χ0n) is 9.36. The second-order valence-corrected chi connectivity index (χ2v) is 3.33. The van der Waals surface area contributed by atoms with E-state index in [0.29, 0.717) is 0 Å². The van der Waals surface area contributed by atoms with Gasteiger partial charge in [0.1, 0.15) is 0 Å². The lowest BCUT2D eigenvalue weighted by molar-refractivity contribution is -0.142. The molecule has 4 heteroatoms. The van der Waals surface area contributed by atoms with Gasteiger partial charge >= 0.3 is 5.97 Å². The number of carboxylic acids is 1. The molecular weight excluding hydrogens is 182 g/mol. The van der Waals surface area contributed by atoms with E-state index in [0.717, 1.165) is 25.7 Å². The summed E-state index contributed by atoms with van der Waals surface area (Å²) in [5, 5.41) is 16.4. The Morgan fingerprint density at radius 3 is 2.07 bits per heavy atom. The van der Waals surface area contributed by atoms with Gasteiger partial charge in [-0.1, -0.05) is 26.7 Å². The summed E-state index contributed by atoms with van der Waals surface area (Å²) in [7, 11) is 0. The smallest absolute Gasteiger partial charge is 0.306 e. The van der Waals surface area contributed by atoms with Crippen molar-refractivity contribution in [2.24, 2.45) is 11.7 Å². The Balaban J connectivity index is 0. The van der Waals surface area contributed by atoms with Crippen molar-refractivity contribution in [1.82, 2.24) is 0 Å². The van der Waals surface area contributed by atoms with Crippen LogP contribution in [0.15, 0.2) is 0 Å². The van der Waals surface area contributed by atoms with E-state index in [1.54, 1.807) is 0 Å². The maximum Gasteiger partial charge on any atom is 0.306 e. The summed E-state index contributed by atoms with van der Waals surface area (Å²) in [6, 6.07) is 0. The van der Waals surface area contributed by atoms with Crippen LogP contribution in [0.3, 0.4) is 0 Å². The molecule has 0 heterocycles. The van der Waals surface area contributed by atoms with Crippen molar-refractivity contribution in [1.29, 1.82) is 0 Å². The minimum Gasteiger partial charge on any atom is -0.481 e. The van der Waals surface area contributed by atoms with Gasteiger partial charge in [0.25, 0.3) is 0 Å². The van der Waals surface area contributed by atoms with Gasteiger partial charge in [-0.25, -0.2) is 0 Å². The zero-order valence-corrected chi connectivity index (χ0v) is 9.36. The molecule has 0 aliphatic carbocycles. The van der Waals surface area contributed by atoms with E-state index < -0.39 is 12.2 Å². The molecule has 0 spiro atoms. The van der Waals surface area contributed by atoms with Crippen molar-refractivity contribution in [3.63, 3.8) is 0 Å². The summed E-state index contributed by atoms with van der Waals surface area (Å²) in [6.07, 6.45) is 3.05. The second-order valence-electron chi connectivity index (χ2n) is 3.33. The maximum absolute atomic E-state index is 10.4. The average molecular weight is 205 g/mol. The zero-order chi connectivity index (χ0) is 11.6. The molecule has 0 aromatic rings. The number of unbranched alkanes of at least 4 members (excludes halogenated alkanes) is 1. The number of aliphatic hydroxyl groups excluding tert-OH is 1. The monoisotopic (exact) mass is 205 g/mol. The molecule has 0 aliphatic rings. The van der Waals surface area contributed by atoms with Gasteiger partial charge in [-0.05, 0) is 19.8 Å². The highest BCUT2D eigenvalue weighted by molar-refractivity contribution is 5.69. The van der Waals surface area contributed by atoms with E-state index in [9.17, 15) is 4.79 Å². The van der Waals surface area contributed by atoms with E-state index in [1.807, 2.05) is 6.92 Å². The molecule has 0 aliphatic heterocycles. The van der Waals surface area contributed by atoms with Crippen molar-refractivity contribution in [2.75, 3.05) is 0 Å². The van der Waals surface area contributed by atoms with Gasteiger partial charge in [0.05, 0.1) is 12.1 Å². The highest BCUT2D eigenvalue weighted by Crippen LogP contribution is 2.11. The van der Waals surface area contributed by atoms with Gasteiger partial charge in [-0.2, -0.15) is 0 Å². The molecule has 2 atom stereocenters. The van der Waals surface area contributed by atoms with Crippen LogP contribution in [0.5, 0.6) is 0 Å². The van der Waals surface area contributed by atoms with Crippen molar-refractivity contribution < 1.29 is 15.0 Å². The van der Waals surface area contributed by atoms with E-state index in [-0.39, 0.29) is 5.92 Å². The topological polar surface area (TPSA) is 83.5 Å². The number of aliphatic carboxylic acids is 1. The first-order valence-electron chi connectivity index (χ1n) is 5.12. The van der Waals surface area contributed by atoms with Crippen LogP contribution in [-0.4, -0.2) is 22.4 Å². The highest BCUT2D eigenvalue weighted by atomic mass is 16.4. The van der Waals surface area contributed by atoms with Crippen LogP contribution < -0.4 is 5.73 Å². The molecule has 0 rings (SSSR count). The number of aliphatic hydroxyl groups is 1. The summed E-state index contributed by atoms with van der Waals surface area (Å²) >= 11 is 0. The Labute approximate surface area is 86.1 Å². The SMILES string of the molecule is CC(N)O.CCCCC(CC)C(=O)O. The number of hydrogen-bond donors (Lipinski definition) is 3. The minimum atomic E-state index is -0.667. The predicted octanol–water partition coefficient (Wildman–Crippen LogP) is 1.57. The van der Waals surface area contributed by atoms with E-state index in [4.69, 9.17) is 10.2 Å². The first-order chi connectivity index (χ1) is 6.45. The lowest BCUT2D eigenvalue weighted by atomic mass is 10.00. The number of hydrogen-bond acceptors (Lipinski definition) is 3. The third kappa shape index (κ3) is 13.9. The number of carboxylic acid groups (broad SMARTS) is 1. The normalized spacial score (nSPS) is 13.8. The van der Waals surface area contributed by atoms with Crippen LogP contribution >= 0.6 is 0 Å². The van der Waals surface area contributed by atoms with Crippen molar-refractivity contribution in [3.8, 4) is 0 Å². The van der Waals surface area contributed by atoms with Crippen LogP contribution in [0, 0.1) is 5.92 Å². The Bertz CT molecular complexity index is 135. The highest BCUT2D eigenvalue weighted by Gasteiger charge is 2.12. The largest absolute Gasteiger partial charge is 0.481 e. The van der Waals surface area contributed by atoms with Crippen LogP contribution in [0.2, 0.25) is 0 Å². The fourth-order valence-electron chi connectivity index (χ4n) is 0.953. The lowest BCUT2D eigenvalue weighted by Gasteiger charge is -2.06. The van der Waals surface area contributed by atoms with Gasteiger partial charge in [-0.3, -0.25) is 4.79 Å². The van der Waals surface area contributed by atoms with Crippen LogP contribution in [0.1, 0.15) is 46.5 Å². The quantitative estimate of drug-likeness (QED) is 0.595. The first kappa shape index (κ1) is 15.8. The molecule has 0 fully saturated rings. The molecule has 86 valence electrons. The maximum atomic E-state index is 10.4.